The Morgan fingerprint density at radius 2 is 2.03 bits per heavy atom. The zero-order valence-corrected chi connectivity index (χ0v) is 20.5. The second kappa shape index (κ2) is 8.60. The molecule has 2 fully saturated rings. The van der Waals surface area contributed by atoms with Crippen molar-refractivity contribution in [2.24, 2.45) is 5.41 Å². The topological polar surface area (TPSA) is 106 Å². The molecule has 4 aromatic rings. The molecule has 1 saturated carbocycles. The van der Waals surface area contributed by atoms with Crippen LogP contribution in [0.1, 0.15) is 35.0 Å². The first-order valence-corrected chi connectivity index (χ1v) is 12.8. The number of nitrogen functional groups attached to an aromatic ring is 1. The predicted octanol–water partition coefficient (Wildman–Crippen LogP) is 4.73. The first kappa shape index (κ1) is 22.5. The Bertz CT molecular complexity index is 1500. The van der Waals surface area contributed by atoms with Gasteiger partial charge < -0.3 is 15.2 Å². The van der Waals surface area contributed by atoms with Crippen molar-refractivity contribution in [1.82, 2.24) is 19.4 Å². The third kappa shape index (κ3) is 3.85. The van der Waals surface area contributed by atoms with Crippen molar-refractivity contribution in [3.63, 3.8) is 0 Å². The number of likely N-dealkylation sites (tertiary alicyclic amines) is 1. The van der Waals surface area contributed by atoms with E-state index in [0.29, 0.717) is 16.6 Å². The van der Waals surface area contributed by atoms with E-state index in [0.717, 1.165) is 53.8 Å². The van der Waals surface area contributed by atoms with Crippen LogP contribution < -0.4 is 11.1 Å². The van der Waals surface area contributed by atoms with E-state index in [4.69, 9.17) is 10.7 Å². The fourth-order valence-electron chi connectivity index (χ4n) is 5.59. The molecular formula is C27H26N6O2S. The van der Waals surface area contributed by atoms with Gasteiger partial charge in [0.1, 0.15) is 5.82 Å². The molecule has 0 bridgehead atoms. The number of fused-ring (bicyclic) bond motifs is 1. The number of carbonyl (C=O) groups excluding carboxylic acids is 2. The average Bonchev–Trinajstić information content (AvgIpc) is 3.59. The molecule has 0 radical (unpaired) electrons. The first-order chi connectivity index (χ1) is 17.4. The number of pyridine rings is 1. The molecule has 8 nitrogen and oxygen atoms in total. The third-order valence-electron chi connectivity index (χ3n) is 7.34. The van der Waals surface area contributed by atoms with Crippen LogP contribution in [0, 0.1) is 5.41 Å². The number of hydrogen-bond donors (Lipinski definition) is 2. The van der Waals surface area contributed by atoms with E-state index in [-0.39, 0.29) is 23.3 Å². The Labute approximate surface area is 212 Å². The number of benzene rings is 1. The Morgan fingerprint density at radius 3 is 2.83 bits per heavy atom. The Hall–Kier alpha value is -3.98. The number of rotatable bonds is 5. The number of anilines is 2. The maximum atomic E-state index is 13.2. The van der Waals surface area contributed by atoms with E-state index in [9.17, 15) is 9.59 Å². The van der Waals surface area contributed by atoms with Crippen molar-refractivity contribution in [2.75, 3.05) is 24.1 Å². The Kier molecular flexibility index (Phi) is 5.37. The maximum Gasteiger partial charge on any atom is 0.268 e. The smallest absolute Gasteiger partial charge is 0.268 e. The van der Waals surface area contributed by atoms with Gasteiger partial charge in [0.05, 0.1) is 15.9 Å². The van der Waals surface area contributed by atoms with Crippen LogP contribution in [0.4, 0.5) is 11.8 Å². The zero-order chi connectivity index (χ0) is 24.9. The van der Waals surface area contributed by atoms with Crippen molar-refractivity contribution in [1.29, 1.82) is 0 Å². The maximum absolute atomic E-state index is 13.2. The molecule has 9 heteroatoms. The summed E-state index contributed by atoms with van der Waals surface area (Å²) in [6.07, 6.45) is 5.95. The van der Waals surface area contributed by atoms with Crippen LogP contribution in [-0.2, 0) is 4.79 Å². The predicted molar refractivity (Wildman–Crippen MR) is 142 cm³/mol. The number of nitrogens with two attached hydrogens (primary N) is 1. The minimum Gasteiger partial charge on any atom is -0.384 e. The number of nitrogens with one attached hydrogen (secondary N) is 1. The molecule has 0 unspecified atom stereocenters. The Balaban J connectivity index is 1.24. The van der Waals surface area contributed by atoms with Gasteiger partial charge >= 0.3 is 0 Å². The van der Waals surface area contributed by atoms with E-state index in [1.54, 1.807) is 12.3 Å². The van der Waals surface area contributed by atoms with Crippen LogP contribution in [0.3, 0.4) is 0 Å². The van der Waals surface area contributed by atoms with Gasteiger partial charge in [0.25, 0.3) is 5.91 Å². The lowest BCUT2D eigenvalue weighted by Gasteiger charge is -2.46. The third-order valence-corrected chi connectivity index (χ3v) is 8.48. The fourth-order valence-corrected chi connectivity index (χ4v) is 6.49. The molecule has 2 aliphatic rings. The molecule has 1 spiro atoms. The van der Waals surface area contributed by atoms with Crippen molar-refractivity contribution in [3.8, 4) is 10.4 Å². The van der Waals surface area contributed by atoms with Crippen LogP contribution in [0.15, 0.2) is 67.4 Å². The van der Waals surface area contributed by atoms with Gasteiger partial charge in [0.2, 0.25) is 11.9 Å². The summed E-state index contributed by atoms with van der Waals surface area (Å²) in [4.78, 5) is 37.6. The minimum absolute atomic E-state index is 0.00104. The normalized spacial score (nSPS) is 21.0. The molecule has 1 aliphatic carbocycles. The molecule has 36 heavy (non-hydrogen) atoms. The molecular weight excluding hydrogens is 472 g/mol. The van der Waals surface area contributed by atoms with Gasteiger partial charge in [-0.25, -0.2) is 9.97 Å². The number of amides is 2. The monoisotopic (exact) mass is 498 g/mol. The quantitative estimate of drug-likeness (QED) is 0.387. The standard InChI is InChI=1S/C27H26N6O2S/c1-2-24(34)32-12-10-27(16-32)14-18(15-27)33-20-6-4-3-5-19(20)30-26(33)31-25(35)22-8-7-21(36-22)17-9-11-29-23(28)13-17/h2-9,11,13,18H,1,10,12,14-16H2,(H2,28,29)(H,30,31,35). The first-order valence-electron chi connectivity index (χ1n) is 12.0. The summed E-state index contributed by atoms with van der Waals surface area (Å²) < 4.78 is 2.16. The van der Waals surface area contributed by atoms with Gasteiger partial charge in [-0.15, -0.1) is 11.3 Å². The number of para-hydroxylation sites is 2. The number of nitrogens with zero attached hydrogens (tertiary/aromatic N) is 4. The Morgan fingerprint density at radius 1 is 1.19 bits per heavy atom. The summed E-state index contributed by atoms with van der Waals surface area (Å²) in [6, 6.07) is 15.6. The summed E-state index contributed by atoms with van der Waals surface area (Å²) in [5, 5.41) is 3.07. The van der Waals surface area contributed by atoms with Crippen LogP contribution in [0.2, 0.25) is 0 Å². The van der Waals surface area contributed by atoms with Gasteiger partial charge in [-0.05, 0) is 72.7 Å². The van der Waals surface area contributed by atoms with E-state index in [1.165, 1.54) is 17.4 Å². The van der Waals surface area contributed by atoms with Gasteiger partial charge in [0.15, 0.2) is 0 Å². The molecule has 1 aromatic carbocycles. The van der Waals surface area contributed by atoms with Crippen LogP contribution in [0.25, 0.3) is 21.5 Å². The number of hydrogen-bond acceptors (Lipinski definition) is 6. The molecule has 1 aliphatic heterocycles. The summed E-state index contributed by atoms with van der Waals surface area (Å²) >= 11 is 1.41. The minimum atomic E-state index is -0.192. The number of thiophene rings is 1. The van der Waals surface area contributed by atoms with Gasteiger partial charge in [-0.2, -0.15) is 0 Å². The molecule has 4 heterocycles. The van der Waals surface area contributed by atoms with E-state index >= 15 is 0 Å². The molecule has 1 saturated heterocycles. The van der Waals surface area contributed by atoms with Crippen molar-refractivity contribution in [3.05, 3.63) is 72.3 Å². The lowest BCUT2D eigenvalue weighted by atomic mass is 9.65. The van der Waals surface area contributed by atoms with E-state index in [1.807, 2.05) is 47.4 Å². The summed E-state index contributed by atoms with van der Waals surface area (Å²) in [5.41, 5.74) is 8.73. The highest BCUT2D eigenvalue weighted by molar-refractivity contribution is 7.17. The highest BCUT2D eigenvalue weighted by Crippen LogP contribution is 2.55. The molecule has 3 aromatic heterocycles. The van der Waals surface area contributed by atoms with Crippen molar-refractivity contribution in [2.45, 2.75) is 25.3 Å². The van der Waals surface area contributed by atoms with Crippen molar-refractivity contribution >= 4 is 46.0 Å². The highest BCUT2D eigenvalue weighted by atomic mass is 32.1. The van der Waals surface area contributed by atoms with Crippen LogP contribution >= 0.6 is 11.3 Å². The summed E-state index contributed by atoms with van der Waals surface area (Å²) in [7, 11) is 0. The van der Waals surface area contributed by atoms with Gasteiger partial charge in [-0.3, -0.25) is 14.9 Å². The molecule has 3 N–H and O–H groups in total. The molecule has 2 amide bonds. The number of carbonyl (C=O) groups is 2. The van der Waals surface area contributed by atoms with Gasteiger partial charge in [0, 0.05) is 30.2 Å². The second-order valence-electron chi connectivity index (χ2n) is 9.66. The van der Waals surface area contributed by atoms with Crippen LogP contribution in [0.5, 0.6) is 0 Å². The largest absolute Gasteiger partial charge is 0.384 e. The highest BCUT2D eigenvalue weighted by Gasteiger charge is 2.50. The second-order valence-corrected chi connectivity index (χ2v) is 10.7. The van der Waals surface area contributed by atoms with Crippen LogP contribution in [-0.4, -0.2) is 44.3 Å². The number of aromatic nitrogens is 3. The summed E-state index contributed by atoms with van der Waals surface area (Å²) in [6.45, 7) is 5.16. The number of imidazole rings is 1. The molecule has 182 valence electrons. The van der Waals surface area contributed by atoms with E-state index in [2.05, 4.69) is 21.4 Å². The zero-order valence-electron chi connectivity index (χ0n) is 19.7. The van der Waals surface area contributed by atoms with E-state index < -0.39 is 0 Å². The fraction of sp³-hybridized carbons (Fsp3) is 0.259. The summed E-state index contributed by atoms with van der Waals surface area (Å²) in [5.74, 6) is 0.808. The molecule has 0 atom stereocenters. The van der Waals surface area contributed by atoms with Crippen molar-refractivity contribution < 1.29 is 9.59 Å². The lowest BCUT2D eigenvalue weighted by molar-refractivity contribution is -0.125. The SMILES string of the molecule is C=CC(=O)N1CCC2(CC(n3c(NC(=O)c4ccc(-c5ccnc(N)c5)s4)nc4ccccc43)C2)C1. The van der Waals surface area contributed by atoms with Gasteiger partial charge in [-0.1, -0.05) is 18.7 Å². The lowest BCUT2D eigenvalue weighted by Crippen LogP contribution is -2.42. The molecule has 6 rings (SSSR count). The average molecular weight is 499 g/mol.